The molecule has 0 radical (unpaired) electrons. The van der Waals surface area contributed by atoms with Crippen molar-refractivity contribution < 1.29 is 18.0 Å². The lowest BCUT2D eigenvalue weighted by atomic mass is 10.0. The monoisotopic (exact) mass is 659 g/mol. The Balaban J connectivity index is 1.29. The molecule has 0 aliphatic carbocycles. The van der Waals surface area contributed by atoms with E-state index in [1.165, 1.54) is 6.07 Å². The van der Waals surface area contributed by atoms with Gasteiger partial charge in [0.25, 0.3) is 0 Å². The van der Waals surface area contributed by atoms with Crippen molar-refractivity contribution in [2.24, 2.45) is 0 Å². The number of sulfonamides is 1. The van der Waals surface area contributed by atoms with E-state index in [2.05, 4.69) is 32.0 Å². The van der Waals surface area contributed by atoms with Crippen LogP contribution in [0.15, 0.2) is 100 Å². The summed E-state index contributed by atoms with van der Waals surface area (Å²) in [6.07, 6.45) is 0.0645. The van der Waals surface area contributed by atoms with E-state index in [9.17, 15) is 23.3 Å². The molecule has 3 amide bonds. The second-order valence-electron chi connectivity index (χ2n) is 10.3. The summed E-state index contributed by atoms with van der Waals surface area (Å²) < 4.78 is 30.7. The summed E-state index contributed by atoms with van der Waals surface area (Å²) in [5, 5.41) is 13.9. The first-order valence-electron chi connectivity index (χ1n) is 13.8. The molecule has 43 heavy (non-hydrogen) atoms. The number of nitrogens with one attached hydrogen (secondary N) is 2. The fraction of sp³-hybridized carbons (Fsp3) is 0.219. The Morgan fingerprint density at radius 3 is 2.26 bits per heavy atom. The van der Waals surface area contributed by atoms with Crippen LogP contribution in [0.1, 0.15) is 16.7 Å². The third-order valence-corrected chi connectivity index (χ3v) is 9.36. The number of nitriles is 1. The molecule has 1 aliphatic rings. The Hall–Kier alpha value is -4.24. The highest BCUT2D eigenvalue weighted by molar-refractivity contribution is 9.10. The standard InChI is InChI=1S/C32H30BrN5O4S/c33-28-11-8-23(9-12-28)22-35-32(40)38-16-14-37(15-17-38)31(39)30(19-24-4-3-5-25(18-24)21-34)36-43(41,42)29-13-10-26-6-1-2-7-27(26)20-29/h1-13,18,20,30,36H,14-17,19,22H2,(H,35,40). The number of benzene rings is 4. The average molecular weight is 661 g/mol. The number of rotatable bonds is 8. The lowest BCUT2D eigenvalue weighted by Gasteiger charge is -2.36. The lowest BCUT2D eigenvalue weighted by molar-refractivity contribution is -0.134. The van der Waals surface area contributed by atoms with E-state index in [0.717, 1.165) is 20.8 Å². The molecule has 0 spiro atoms. The maximum absolute atomic E-state index is 13.8. The van der Waals surface area contributed by atoms with Gasteiger partial charge in [0.15, 0.2) is 0 Å². The van der Waals surface area contributed by atoms with E-state index in [4.69, 9.17) is 0 Å². The number of amides is 3. The molecule has 5 rings (SSSR count). The number of piperazine rings is 1. The van der Waals surface area contributed by atoms with Crippen molar-refractivity contribution in [3.05, 3.63) is 112 Å². The van der Waals surface area contributed by atoms with Crippen LogP contribution in [-0.2, 0) is 27.8 Å². The summed E-state index contributed by atoms with van der Waals surface area (Å²) in [5.41, 5.74) is 2.04. The molecular formula is C32H30BrN5O4S. The number of halogens is 1. The smallest absolute Gasteiger partial charge is 0.317 e. The van der Waals surface area contributed by atoms with Crippen LogP contribution in [0.3, 0.4) is 0 Å². The number of hydrogen-bond donors (Lipinski definition) is 2. The quantitative estimate of drug-likeness (QED) is 0.290. The summed E-state index contributed by atoms with van der Waals surface area (Å²) >= 11 is 3.40. The van der Waals surface area contributed by atoms with Crippen LogP contribution in [0.4, 0.5) is 4.79 Å². The van der Waals surface area contributed by atoms with Gasteiger partial charge < -0.3 is 15.1 Å². The average Bonchev–Trinajstić information content (AvgIpc) is 3.03. The van der Waals surface area contributed by atoms with Gasteiger partial charge in [-0.3, -0.25) is 4.79 Å². The molecule has 0 bridgehead atoms. The molecule has 11 heteroatoms. The summed E-state index contributed by atoms with van der Waals surface area (Å²) in [6.45, 7) is 1.53. The van der Waals surface area contributed by atoms with E-state index >= 15 is 0 Å². The predicted molar refractivity (Wildman–Crippen MR) is 167 cm³/mol. The lowest BCUT2D eigenvalue weighted by Crippen LogP contribution is -2.57. The van der Waals surface area contributed by atoms with E-state index in [-0.39, 0.29) is 36.3 Å². The minimum atomic E-state index is -4.07. The molecule has 1 heterocycles. The van der Waals surface area contributed by atoms with Crippen LogP contribution in [0.2, 0.25) is 0 Å². The minimum absolute atomic E-state index is 0.0574. The zero-order chi connectivity index (χ0) is 30.4. The molecule has 1 aliphatic heterocycles. The van der Waals surface area contributed by atoms with Crippen LogP contribution in [0.25, 0.3) is 10.8 Å². The third-order valence-electron chi connectivity index (χ3n) is 7.36. The van der Waals surface area contributed by atoms with Crippen molar-refractivity contribution in [2.75, 3.05) is 26.2 Å². The molecule has 1 saturated heterocycles. The molecule has 0 saturated carbocycles. The Bertz CT molecular complexity index is 1780. The Labute approximate surface area is 259 Å². The van der Waals surface area contributed by atoms with Gasteiger partial charge >= 0.3 is 6.03 Å². The Morgan fingerprint density at radius 1 is 0.837 bits per heavy atom. The predicted octanol–water partition coefficient (Wildman–Crippen LogP) is 4.42. The number of nitrogens with zero attached hydrogens (tertiary/aromatic N) is 3. The fourth-order valence-electron chi connectivity index (χ4n) is 5.01. The van der Waals surface area contributed by atoms with E-state index < -0.39 is 16.1 Å². The Morgan fingerprint density at radius 2 is 1.53 bits per heavy atom. The highest BCUT2D eigenvalue weighted by Crippen LogP contribution is 2.20. The highest BCUT2D eigenvalue weighted by atomic mass is 79.9. The molecule has 1 unspecified atom stereocenters. The summed E-state index contributed by atoms with van der Waals surface area (Å²) in [6, 6.07) is 27.5. The number of carbonyl (C=O) groups excluding carboxylic acids is 2. The van der Waals surface area contributed by atoms with Gasteiger partial charge in [0.2, 0.25) is 15.9 Å². The maximum Gasteiger partial charge on any atom is 0.317 e. The first kappa shape index (κ1) is 30.2. The number of fused-ring (bicyclic) bond motifs is 1. The number of urea groups is 1. The highest BCUT2D eigenvalue weighted by Gasteiger charge is 2.32. The van der Waals surface area contributed by atoms with Crippen molar-refractivity contribution in [1.82, 2.24) is 19.8 Å². The summed E-state index contributed by atoms with van der Waals surface area (Å²) in [7, 11) is -4.07. The van der Waals surface area contributed by atoms with Gasteiger partial charge in [0.1, 0.15) is 6.04 Å². The van der Waals surface area contributed by atoms with E-state index in [1.54, 1.807) is 46.2 Å². The molecule has 1 fully saturated rings. The van der Waals surface area contributed by atoms with Gasteiger partial charge in [-0.2, -0.15) is 9.98 Å². The third kappa shape index (κ3) is 7.59. The van der Waals surface area contributed by atoms with Crippen molar-refractivity contribution in [3.63, 3.8) is 0 Å². The van der Waals surface area contributed by atoms with Crippen LogP contribution >= 0.6 is 15.9 Å². The van der Waals surface area contributed by atoms with Crippen LogP contribution in [-0.4, -0.2) is 62.4 Å². The molecule has 1 atom stereocenters. The molecule has 9 nitrogen and oxygen atoms in total. The molecule has 0 aromatic heterocycles. The molecule has 2 N–H and O–H groups in total. The Kier molecular flexibility index (Phi) is 9.40. The van der Waals surface area contributed by atoms with Crippen molar-refractivity contribution in [1.29, 1.82) is 5.26 Å². The van der Waals surface area contributed by atoms with Gasteiger partial charge in [0, 0.05) is 37.2 Å². The minimum Gasteiger partial charge on any atom is -0.338 e. The van der Waals surface area contributed by atoms with Crippen LogP contribution in [0, 0.1) is 11.3 Å². The fourth-order valence-corrected chi connectivity index (χ4v) is 6.50. The van der Waals surface area contributed by atoms with Crippen molar-refractivity contribution in [3.8, 4) is 6.07 Å². The maximum atomic E-state index is 13.8. The van der Waals surface area contributed by atoms with Gasteiger partial charge in [-0.25, -0.2) is 13.2 Å². The summed E-state index contributed by atoms with van der Waals surface area (Å²) in [4.78, 5) is 29.9. The second kappa shape index (κ2) is 13.4. The first-order chi connectivity index (χ1) is 20.7. The molecule has 220 valence electrons. The van der Waals surface area contributed by atoms with Crippen LogP contribution in [0.5, 0.6) is 0 Å². The first-order valence-corrected chi connectivity index (χ1v) is 16.1. The largest absolute Gasteiger partial charge is 0.338 e. The molecule has 4 aromatic rings. The van der Waals surface area contributed by atoms with Crippen molar-refractivity contribution >= 4 is 48.7 Å². The van der Waals surface area contributed by atoms with E-state index in [1.807, 2.05) is 48.5 Å². The number of carbonyl (C=O) groups is 2. The zero-order valence-corrected chi connectivity index (χ0v) is 25.6. The van der Waals surface area contributed by atoms with Gasteiger partial charge in [-0.05, 0) is 64.7 Å². The normalized spacial score (nSPS) is 14.2. The van der Waals surface area contributed by atoms with Gasteiger partial charge in [-0.1, -0.05) is 70.5 Å². The van der Waals surface area contributed by atoms with Gasteiger partial charge in [0.05, 0.1) is 16.5 Å². The molecular weight excluding hydrogens is 630 g/mol. The zero-order valence-electron chi connectivity index (χ0n) is 23.2. The van der Waals surface area contributed by atoms with Crippen LogP contribution < -0.4 is 10.0 Å². The van der Waals surface area contributed by atoms with Gasteiger partial charge in [-0.15, -0.1) is 0 Å². The summed E-state index contributed by atoms with van der Waals surface area (Å²) in [5.74, 6) is -0.387. The molecule has 4 aromatic carbocycles. The topological polar surface area (TPSA) is 123 Å². The van der Waals surface area contributed by atoms with Crippen molar-refractivity contribution in [2.45, 2.75) is 23.9 Å². The SMILES string of the molecule is N#Cc1cccc(CC(NS(=O)(=O)c2ccc3ccccc3c2)C(=O)N2CCN(C(=O)NCc3ccc(Br)cc3)CC2)c1. The second-order valence-corrected chi connectivity index (χ2v) is 12.9. The van der Waals surface area contributed by atoms with E-state index in [0.29, 0.717) is 30.8 Å². The number of hydrogen-bond acceptors (Lipinski definition) is 5.